The molecule has 1 N–H and O–H groups in total. The van der Waals surface area contributed by atoms with E-state index in [1.807, 2.05) is 39.0 Å². The molecule has 2 unspecified atom stereocenters. The van der Waals surface area contributed by atoms with Crippen molar-refractivity contribution < 1.29 is 4.79 Å². The molecule has 1 heterocycles. The highest BCUT2D eigenvalue weighted by molar-refractivity contribution is 5.96. The number of nitrogens with one attached hydrogen (secondary N) is 1. The first-order valence-electron chi connectivity index (χ1n) is 9.67. The number of piperidine rings is 1. The summed E-state index contributed by atoms with van der Waals surface area (Å²) in [6.45, 7) is 10.6. The van der Waals surface area contributed by atoms with Crippen molar-refractivity contribution >= 4 is 11.6 Å². The summed E-state index contributed by atoms with van der Waals surface area (Å²) in [7, 11) is 0. The fourth-order valence-corrected chi connectivity index (χ4v) is 3.74. The van der Waals surface area contributed by atoms with Gasteiger partial charge in [0.15, 0.2) is 0 Å². The lowest BCUT2D eigenvalue weighted by Crippen LogP contribution is -2.34. The van der Waals surface area contributed by atoms with Crippen LogP contribution in [-0.4, -0.2) is 19.0 Å². The molecule has 3 heteroatoms. The van der Waals surface area contributed by atoms with E-state index in [4.69, 9.17) is 0 Å². The molecule has 0 aromatic heterocycles. The number of aryl methyl sites for hydroxylation is 2. The van der Waals surface area contributed by atoms with E-state index in [1.54, 1.807) is 0 Å². The molecule has 0 radical (unpaired) electrons. The molecule has 0 spiro atoms. The maximum Gasteiger partial charge on any atom is 0.252 e. The summed E-state index contributed by atoms with van der Waals surface area (Å²) in [6, 6.07) is 14.6. The number of nitrogens with zero attached hydrogens (tertiary/aromatic N) is 1. The highest BCUT2D eigenvalue weighted by atomic mass is 16.1. The average molecular weight is 351 g/mol. The van der Waals surface area contributed by atoms with Gasteiger partial charge in [-0.25, -0.2) is 0 Å². The van der Waals surface area contributed by atoms with Crippen LogP contribution >= 0.6 is 0 Å². The van der Waals surface area contributed by atoms with Crippen LogP contribution in [0.15, 0.2) is 42.5 Å². The van der Waals surface area contributed by atoms with Gasteiger partial charge in [0, 0.05) is 24.3 Å². The van der Waals surface area contributed by atoms with Gasteiger partial charge in [-0.3, -0.25) is 4.79 Å². The minimum Gasteiger partial charge on any atom is -0.371 e. The van der Waals surface area contributed by atoms with Crippen LogP contribution < -0.4 is 10.2 Å². The first-order valence-corrected chi connectivity index (χ1v) is 9.67. The number of carbonyl (C=O) groups is 1. The quantitative estimate of drug-likeness (QED) is 0.839. The maximum atomic E-state index is 12.6. The van der Waals surface area contributed by atoms with Gasteiger partial charge in [0.25, 0.3) is 5.91 Å². The number of hydrogen-bond acceptors (Lipinski definition) is 2. The highest BCUT2D eigenvalue weighted by Crippen LogP contribution is 2.25. The Morgan fingerprint density at radius 2 is 1.88 bits per heavy atom. The van der Waals surface area contributed by atoms with Crippen LogP contribution in [0, 0.1) is 19.8 Å². The fraction of sp³-hybridized carbons (Fsp3) is 0.435. The third-order valence-electron chi connectivity index (χ3n) is 5.40. The van der Waals surface area contributed by atoms with Gasteiger partial charge in [-0.1, -0.05) is 36.8 Å². The van der Waals surface area contributed by atoms with Crippen molar-refractivity contribution in [3.63, 3.8) is 0 Å². The number of carbonyl (C=O) groups excluding carboxylic acids is 1. The second-order valence-electron chi connectivity index (χ2n) is 7.80. The van der Waals surface area contributed by atoms with E-state index in [1.165, 1.54) is 18.5 Å². The minimum absolute atomic E-state index is 0.00682. The van der Waals surface area contributed by atoms with E-state index in [0.29, 0.717) is 0 Å². The van der Waals surface area contributed by atoms with Crippen molar-refractivity contribution in [1.82, 2.24) is 5.32 Å². The van der Waals surface area contributed by atoms with Crippen LogP contribution in [0.25, 0.3) is 0 Å². The van der Waals surface area contributed by atoms with Gasteiger partial charge in [-0.05, 0) is 68.9 Å². The summed E-state index contributed by atoms with van der Waals surface area (Å²) in [6.07, 6.45) is 2.60. The monoisotopic (exact) mass is 350 g/mol. The summed E-state index contributed by atoms with van der Waals surface area (Å²) in [5.74, 6) is 0.756. The summed E-state index contributed by atoms with van der Waals surface area (Å²) in [5, 5.41) is 3.13. The molecule has 1 amide bonds. The highest BCUT2D eigenvalue weighted by Gasteiger charge is 2.17. The van der Waals surface area contributed by atoms with Gasteiger partial charge in [0.1, 0.15) is 0 Å². The Morgan fingerprint density at radius 1 is 1.15 bits per heavy atom. The van der Waals surface area contributed by atoms with E-state index in [2.05, 4.69) is 41.4 Å². The maximum absolute atomic E-state index is 12.6. The van der Waals surface area contributed by atoms with Crippen LogP contribution in [0.1, 0.15) is 59.8 Å². The molecule has 1 saturated heterocycles. The van der Waals surface area contributed by atoms with Gasteiger partial charge in [-0.2, -0.15) is 0 Å². The van der Waals surface area contributed by atoms with E-state index in [9.17, 15) is 4.79 Å². The molecule has 1 fully saturated rings. The van der Waals surface area contributed by atoms with Crippen molar-refractivity contribution in [2.45, 2.75) is 46.6 Å². The molecule has 0 aliphatic carbocycles. The molecular formula is C23H30N2O. The summed E-state index contributed by atoms with van der Waals surface area (Å²) < 4.78 is 0. The Balaban J connectivity index is 1.67. The lowest BCUT2D eigenvalue weighted by atomic mass is 9.99. The summed E-state index contributed by atoms with van der Waals surface area (Å²) >= 11 is 0. The van der Waals surface area contributed by atoms with Gasteiger partial charge in [-0.15, -0.1) is 0 Å². The largest absolute Gasteiger partial charge is 0.371 e. The molecule has 138 valence electrons. The van der Waals surface area contributed by atoms with E-state index < -0.39 is 0 Å². The van der Waals surface area contributed by atoms with Crippen molar-refractivity contribution in [3.05, 3.63) is 64.7 Å². The Hall–Kier alpha value is -2.29. The summed E-state index contributed by atoms with van der Waals surface area (Å²) in [4.78, 5) is 15.1. The smallest absolute Gasteiger partial charge is 0.252 e. The number of anilines is 1. The second kappa shape index (κ2) is 7.94. The zero-order valence-electron chi connectivity index (χ0n) is 16.4. The van der Waals surface area contributed by atoms with Crippen molar-refractivity contribution in [2.75, 3.05) is 18.0 Å². The molecule has 2 aromatic rings. The number of rotatable bonds is 4. The van der Waals surface area contributed by atoms with Gasteiger partial charge >= 0.3 is 0 Å². The molecule has 2 aromatic carbocycles. The average Bonchev–Trinajstić information content (AvgIpc) is 2.63. The van der Waals surface area contributed by atoms with E-state index in [-0.39, 0.29) is 11.9 Å². The first-order chi connectivity index (χ1) is 12.4. The minimum atomic E-state index is -0.0169. The lowest BCUT2D eigenvalue weighted by molar-refractivity contribution is 0.0939. The second-order valence-corrected chi connectivity index (χ2v) is 7.80. The molecule has 3 nitrogen and oxygen atoms in total. The zero-order valence-corrected chi connectivity index (χ0v) is 16.4. The lowest BCUT2D eigenvalue weighted by Gasteiger charge is -2.33. The normalized spacial score (nSPS) is 18.5. The predicted molar refractivity (Wildman–Crippen MR) is 109 cm³/mol. The number of amides is 1. The van der Waals surface area contributed by atoms with Crippen molar-refractivity contribution in [3.8, 4) is 0 Å². The Labute approximate surface area is 157 Å². The third kappa shape index (κ3) is 4.27. The van der Waals surface area contributed by atoms with Crippen LogP contribution in [0.3, 0.4) is 0 Å². The molecular weight excluding hydrogens is 320 g/mol. The number of hydrogen-bond donors (Lipinski definition) is 1. The van der Waals surface area contributed by atoms with Crippen LogP contribution in [0.4, 0.5) is 5.69 Å². The molecule has 0 bridgehead atoms. The molecule has 1 aliphatic rings. The van der Waals surface area contributed by atoms with Crippen molar-refractivity contribution in [1.29, 1.82) is 0 Å². The molecule has 0 saturated carbocycles. The Bertz CT molecular complexity index is 766. The van der Waals surface area contributed by atoms with Crippen LogP contribution in [0.2, 0.25) is 0 Å². The van der Waals surface area contributed by atoms with Crippen LogP contribution in [0.5, 0.6) is 0 Å². The van der Waals surface area contributed by atoms with Gasteiger partial charge in [0.2, 0.25) is 0 Å². The topological polar surface area (TPSA) is 32.3 Å². The van der Waals surface area contributed by atoms with Gasteiger partial charge < -0.3 is 10.2 Å². The van der Waals surface area contributed by atoms with Crippen LogP contribution in [-0.2, 0) is 0 Å². The fourth-order valence-electron chi connectivity index (χ4n) is 3.74. The predicted octanol–water partition coefficient (Wildman–Crippen LogP) is 5.03. The number of benzene rings is 2. The molecule has 26 heavy (non-hydrogen) atoms. The molecule has 1 aliphatic heterocycles. The van der Waals surface area contributed by atoms with Crippen molar-refractivity contribution in [2.24, 2.45) is 5.92 Å². The zero-order chi connectivity index (χ0) is 18.7. The molecule has 2 atom stereocenters. The third-order valence-corrected chi connectivity index (χ3v) is 5.40. The van der Waals surface area contributed by atoms with E-state index >= 15 is 0 Å². The Morgan fingerprint density at radius 3 is 2.58 bits per heavy atom. The SMILES string of the molecule is Cc1ccc(C)c(C(=O)NC(C)c2ccc(N3CCCC(C)C3)cc2)c1. The van der Waals surface area contributed by atoms with E-state index in [0.717, 1.165) is 41.3 Å². The standard InChI is InChI=1S/C23H30N2O/c1-16-7-8-18(3)22(14-16)23(26)24-19(4)20-9-11-21(12-10-20)25-13-5-6-17(2)15-25/h7-12,14,17,19H,5-6,13,15H2,1-4H3,(H,24,26). The molecule has 3 rings (SSSR count). The first kappa shape index (κ1) is 18.5. The summed E-state index contributed by atoms with van der Waals surface area (Å²) in [5.41, 5.74) is 5.30. The van der Waals surface area contributed by atoms with Gasteiger partial charge in [0.05, 0.1) is 6.04 Å². The Kier molecular flexibility index (Phi) is 5.65.